The quantitative estimate of drug-likeness (QED) is 0.678. The average Bonchev–Trinajstić information content (AvgIpc) is 2.80. The van der Waals surface area contributed by atoms with Gasteiger partial charge in [0.2, 0.25) is 0 Å². The predicted octanol–water partition coefficient (Wildman–Crippen LogP) is 4.23. The van der Waals surface area contributed by atoms with Crippen LogP contribution in [0.4, 0.5) is 4.39 Å². The lowest BCUT2D eigenvalue weighted by atomic mass is 10.2. The minimum absolute atomic E-state index is 0.260. The number of hydrogen-bond donors (Lipinski definition) is 0. The van der Waals surface area contributed by atoms with Crippen LogP contribution in [0.1, 0.15) is 29.4 Å². The standard InChI is InChI=1S/C16H15ClFN3/c1-10-4-3-7-19-14(10)9-21-15-8-12(18)5-6-13(15)20-16(21)11(2)17/h3-8,11H,9H2,1-2H3. The van der Waals surface area contributed by atoms with Crippen molar-refractivity contribution in [3.63, 3.8) is 0 Å². The number of rotatable bonds is 3. The fraction of sp³-hybridized carbons (Fsp3) is 0.250. The van der Waals surface area contributed by atoms with Gasteiger partial charge < -0.3 is 4.57 Å². The number of nitrogens with zero attached hydrogens (tertiary/aromatic N) is 3. The number of alkyl halides is 1. The predicted molar refractivity (Wildman–Crippen MR) is 82.0 cm³/mol. The van der Waals surface area contributed by atoms with E-state index in [4.69, 9.17) is 11.6 Å². The molecule has 0 saturated carbocycles. The largest absolute Gasteiger partial charge is 0.321 e. The maximum atomic E-state index is 13.6. The second-order valence-corrected chi connectivity index (χ2v) is 5.73. The van der Waals surface area contributed by atoms with Crippen LogP contribution >= 0.6 is 11.6 Å². The van der Waals surface area contributed by atoms with Crippen LogP contribution in [-0.4, -0.2) is 14.5 Å². The van der Waals surface area contributed by atoms with Crippen LogP contribution in [0.3, 0.4) is 0 Å². The number of benzene rings is 1. The van der Waals surface area contributed by atoms with Crippen molar-refractivity contribution in [1.82, 2.24) is 14.5 Å². The average molecular weight is 304 g/mol. The first-order chi connectivity index (χ1) is 10.1. The molecule has 3 nitrogen and oxygen atoms in total. The number of imidazole rings is 1. The molecule has 108 valence electrons. The van der Waals surface area contributed by atoms with Gasteiger partial charge in [0.15, 0.2) is 0 Å². The second kappa shape index (κ2) is 5.45. The molecule has 0 spiro atoms. The lowest BCUT2D eigenvalue weighted by molar-refractivity contribution is 0.627. The number of aromatic nitrogens is 3. The number of hydrogen-bond acceptors (Lipinski definition) is 2. The van der Waals surface area contributed by atoms with Crippen molar-refractivity contribution in [2.75, 3.05) is 0 Å². The van der Waals surface area contributed by atoms with Gasteiger partial charge in [0.25, 0.3) is 0 Å². The number of fused-ring (bicyclic) bond motifs is 1. The van der Waals surface area contributed by atoms with E-state index in [1.165, 1.54) is 12.1 Å². The van der Waals surface area contributed by atoms with Gasteiger partial charge >= 0.3 is 0 Å². The van der Waals surface area contributed by atoms with Gasteiger partial charge in [0, 0.05) is 6.20 Å². The molecule has 0 bridgehead atoms. The zero-order chi connectivity index (χ0) is 15.0. The van der Waals surface area contributed by atoms with Crippen molar-refractivity contribution in [2.45, 2.75) is 25.8 Å². The maximum Gasteiger partial charge on any atom is 0.128 e. The van der Waals surface area contributed by atoms with Gasteiger partial charge in [-0.15, -0.1) is 11.6 Å². The van der Waals surface area contributed by atoms with Crippen LogP contribution in [0, 0.1) is 12.7 Å². The molecule has 2 aromatic heterocycles. The third kappa shape index (κ3) is 2.63. The highest BCUT2D eigenvalue weighted by atomic mass is 35.5. The summed E-state index contributed by atoms with van der Waals surface area (Å²) in [6.45, 7) is 4.39. The van der Waals surface area contributed by atoms with E-state index in [1.54, 1.807) is 12.3 Å². The summed E-state index contributed by atoms with van der Waals surface area (Å²) in [7, 11) is 0. The molecule has 0 aliphatic rings. The molecule has 0 aliphatic heterocycles. The summed E-state index contributed by atoms with van der Waals surface area (Å²) >= 11 is 6.23. The SMILES string of the molecule is Cc1cccnc1Cn1c(C(C)Cl)nc2ccc(F)cc21. The Bertz CT molecular complexity index is 795. The lowest BCUT2D eigenvalue weighted by Gasteiger charge is -2.11. The van der Waals surface area contributed by atoms with E-state index >= 15 is 0 Å². The minimum atomic E-state index is -0.282. The number of pyridine rings is 1. The van der Waals surface area contributed by atoms with E-state index in [0.717, 1.165) is 28.1 Å². The van der Waals surface area contributed by atoms with Gasteiger partial charge in [-0.05, 0) is 43.7 Å². The van der Waals surface area contributed by atoms with E-state index in [2.05, 4.69) is 9.97 Å². The molecular formula is C16H15ClFN3. The first kappa shape index (κ1) is 14.0. The first-order valence-corrected chi connectivity index (χ1v) is 7.20. The summed E-state index contributed by atoms with van der Waals surface area (Å²) in [4.78, 5) is 8.91. The van der Waals surface area contributed by atoms with Crippen LogP contribution in [0.2, 0.25) is 0 Å². The maximum absolute atomic E-state index is 13.6. The molecule has 3 aromatic rings. The highest BCUT2D eigenvalue weighted by Gasteiger charge is 2.16. The van der Waals surface area contributed by atoms with Crippen molar-refractivity contribution in [3.8, 4) is 0 Å². The molecule has 0 fully saturated rings. The van der Waals surface area contributed by atoms with E-state index in [-0.39, 0.29) is 11.2 Å². The van der Waals surface area contributed by atoms with Crippen molar-refractivity contribution >= 4 is 22.6 Å². The Morgan fingerprint density at radius 1 is 1.33 bits per heavy atom. The highest BCUT2D eigenvalue weighted by Crippen LogP contribution is 2.26. The molecule has 0 N–H and O–H groups in total. The molecular weight excluding hydrogens is 289 g/mol. The van der Waals surface area contributed by atoms with E-state index in [0.29, 0.717) is 6.54 Å². The fourth-order valence-corrected chi connectivity index (χ4v) is 2.58. The van der Waals surface area contributed by atoms with Crippen LogP contribution in [0.25, 0.3) is 11.0 Å². The Kier molecular flexibility index (Phi) is 3.64. The van der Waals surface area contributed by atoms with Crippen LogP contribution in [0.15, 0.2) is 36.5 Å². The summed E-state index contributed by atoms with van der Waals surface area (Å²) in [6.07, 6.45) is 1.76. The van der Waals surface area contributed by atoms with Crippen molar-refractivity contribution in [3.05, 3.63) is 59.4 Å². The van der Waals surface area contributed by atoms with Gasteiger partial charge in [-0.1, -0.05) is 6.07 Å². The summed E-state index contributed by atoms with van der Waals surface area (Å²) in [5, 5.41) is -0.260. The third-order valence-corrected chi connectivity index (χ3v) is 3.72. The van der Waals surface area contributed by atoms with E-state index in [1.807, 2.05) is 30.5 Å². The van der Waals surface area contributed by atoms with Gasteiger partial charge in [-0.2, -0.15) is 0 Å². The molecule has 1 aromatic carbocycles. The molecule has 0 saturated heterocycles. The van der Waals surface area contributed by atoms with Crippen LogP contribution in [-0.2, 0) is 6.54 Å². The Morgan fingerprint density at radius 2 is 2.14 bits per heavy atom. The van der Waals surface area contributed by atoms with Crippen molar-refractivity contribution < 1.29 is 4.39 Å². The summed E-state index contributed by atoms with van der Waals surface area (Å²) in [5.74, 6) is 0.442. The van der Waals surface area contributed by atoms with E-state index in [9.17, 15) is 4.39 Å². The normalized spacial score (nSPS) is 12.8. The fourth-order valence-electron chi connectivity index (χ4n) is 2.42. The zero-order valence-corrected chi connectivity index (χ0v) is 12.6. The Morgan fingerprint density at radius 3 is 2.86 bits per heavy atom. The third-order valence-electron chi connectivity index (χ3n) is 3.52. The zero-order valence-electron chi connectivity index (χ0n) is 11.8. The molecule has 3 rings (SSSR count). The molecule has 1 atom stereocenters. The molecule has 0 amide bonds. The number of aryl methyl sites for hydroxylation is 1. The topological polar surface area (TPSA) is 30.7 Å². The monoisotopic (exact) mass is 303 g/mol. The van der Waals surface area contributed by atoms with Crippen molar-refractivity contribution in [2.24, 2.45) is 0 Å². The van der Waals surface area contributed by atoms with Gasteiger partial charge in [0.1, 0.15) is 11.6 Å². The summed E-state index contributed by atoms with van der Waals surface area (Å²) in [6, 6.07) is 8.48. The van der Waals surface area contributed by atoms with Gasteiger partial charge in [-0.25, -0.2) is 9.37 Å². The smallest absolute Gasteiger partial charge is 0.128 e. The molecule has 0 aliphatic carbocycles. The summed E-state index contributed by atoms with van der Waals surface area (Å²) in [5.41, 5.74) is 3.50. The Hall–Kier alpha value is -1.94. The number of halogens is 2. The lowest BCUT2D eigenvalue weighted by Crippen LogP contribution is -2.08. The Labute approximate surface area is 127 Å². The van der Waals surface area contributed by atoms with Gasteiger partial charge in [-0.3, -0.25) is 4.98 Å². The van der Waals surface area contributed by atoms with E-state index < -0.39 is 0 Å². The van der Waals surface area contributed by atoms with Crippen molar-refractivity contribution in [1.29, 1.82) is 0 Å². The molecule has 1 unspecified atom stereocenters. The van der Waals surface area contributed by atoms with Crippen LogP contribution in [0.5, 0.6) is 0 Å². The Balaban J connectivity index is 2.17. The highest BCUT2D eigenvalue weighted by molar-refractivity contribution is 6.20. The molecule has 21 heavy (non-hydrogen) atoms. The van der Waals surface area contributed by atoms with Crippen LogP contribution < -0.4 is 0 Å². The molecule has 0 radical (unpaired) electrons. The molecule has 5 heteroatoms. The first-order valence-electron chi connectivity index (χ1n) is 6.76. The second-order valence-electron chi connectivity index (χ2n) is 5.07. The minimum Gasteiger partial charge on any atom is -0.321 e. The summed E-state index contributed by atoms with van der Waals surface area (Å²) < 4.78 is 15.5. The molecule has 2 heterocycles. The van der Waals surface area contributed by atoms with Gasteiger partial charge in [0.05, 0.1) is 28.6 Å².